The number of H-pyrrole nitrogens is 1. The van der Waals surface area contributed by atoms with E-state index in [4.69, 9.17) is 4.74 Å². The number of nitrogens with one attached hydrogen (secondary N) is 1. The Balaban J connectivity index is 1.74. The molecule has 2 atom stereocenters. The van der Waals surface area contributed by atoms with Gasteiger partial charge in [0.1, 0.15) is 11.6 Å². The third-order valence-corrected chi connectivity index (χ3v) is 6.02. The molecular formula is C27H29FN4O3. The molecule has 2 aromatic carbocycles. The first-order valence-electron chi connectivity index (χ1n) is 11.6. The number of fused-ring (bicyclic) bond motifs is 1. The van der Waals surface area contributed by atoms with Crippen LogP contribution in [-0.4, -0.2) is 50.4 Å². The van der Waals surface area contributed by atoms with Crippen LogP contribution in [0.5, 0.6) is 5.75 Å². The van der Waals surface area contributed by atoms with E-state index < -0.39 is 12.1 Å². The molecule has 2 heterocycles. The average Bonchev–Trinajstić information content (AvgIpc) is 3.33. The number of aromatic nitrogens is 3. The summed E-state index contributed by atoms with van der Waals surface area (Å²) in [6.07, 6.45) is 2.71. The van der Waals surface area contributed by atoms with E-state index >= 15 is 0 Å². The van der Waals surface area contributed by atoms with Gasteiger partial charge in [0, 0.05) is 40.5 Å². The van der Waals surface area contributed by atoms with Gasteiger partial charge >= 0.3 is 0 Å². The van der Waals surface area contributed by atoms with Gasteiger partial charge in [0.05, 0.1) is 30.5 Å². The number of hydrogen-bond acceptors (Lipinski definition) is 5. The van der Waals surface area contributed by atoms with Gasteiger partial charge in [-0.05, 0) is 63.6 Å². The molecule has 0 fully saturated rings. The topological polar surface area (TPSA) is 91.3 Å². The van der Waals surface area contributed by atoms with E-state index in [-0.39, 0.29) is 18.3 Å². The van der Waals surface area contributed by atoms with Crippen molar-refractivity contribution in [2.45, 2.75) is 39.8 Å². The third kappa shape index (κ3) is 5.02. The minimum absolute atomic E-state index is 0.124. The molecule has 0 bridgehead atoms. The van der Waals surface area contributed by atoms with Gasteiger partial charge in [-0.2, -0.15) is 5.10 Å². The third-order valence-electron chi connectivity index (χ3n) is 6.02. The summed E-state index contributed by atoms with van der Waals surface area (Å²) in [5.74, 6) is -0.126. The average molecular weight is 477 g/mol. The van der Waals surface area contributed by atoms with Crippen LogP contribution in [0.3, 0.4) is 0 Å². The molecule has 0 spiro atoms. The maximum atomic E-state index is 13.8. The molecule has 0 saturated heterocycles. The molecule has 2 aromatic heterocycles. The second-order valence-corrected chi connectivity index (χ2v) is 8.59. The number of carbonyl (C=O) groups is 1. The number of aliphatic hydroxyl groups is 1. The first-order chi connectivity index (χ1) is 16.8. The van der Waals surface area contributed by atoms with Gasteiger partial charge < -0.3 is 14.7 Å². The largest absolute Gasteiger partial charge is 0.493 e. The Kier molecular flexibility index (Phi) is 7.12. The number of rotatable bonds is 8. The summed E-state index contributed by atoms with van der Waals surface area (Å²) in [6.45, 7) is 7.81. The smallest absolute Gasteiger partial charge is 0.254 e. The number of aromatic amines is 1. The zero-order valence-electron chi connectivity index (χ0n) is 20.2. The van der Waals surface area contributed by atoms with Crippen molar-refractivity contribution in [2.75, 3.05) is 13.2 Å². The highest BCUT2D eigenvalue weighted by atomic mass is 19.1. The molecule has 1 unspecified atom stereocenters. The number of benzene rings is 2. The van der Waals surface area contributed by atoms with Crippen LogP contribution < -0.4 is 4.74 Å². The van der Waals surface area contributed by atoms with Crippen molar-refractivity contribution in [3.05, 3.63) is 77.5 Å². The van der Waals surface area contributed by atoms with E-state index in [0.29, 0.717) is 29.0 Å². The molecular weight excluding hydrogens is 447 g/mol. The quantitative estimate of drug-likeness (QED) is 0.371. The first-order valence-corrected chi connectivity index (χ1v) is 11.6. The summed E-state index contributed by atoms with van der Waals surface area (Å²) in [5.41, 5.74) is 4.21. The summed E-state index contributed by atoms with van der Waals surface area (Å²) in [7, 11) is 0. The highest BCUT2D eigenvalue weighted by Gasteiger charge is 2.27. The maximum Gasteiger partial charge on any atom is 0.254 e. The zero-order valence-corrected chi connectivity index (χ0v) is 20.2. The fraction of sp³-hybridized carbons (Fsp3) is 0.296. The molecule has 7 nitrogen and oxygen atoms in total. The maximum absolute atomic E-state index is 13.8. The van der Waals surface area contributed by atoms with Crippen LogP contribution in [0.1, 0.15) is 48.4 Å². The highest BCUT2D eigenvalue weighted by Crippen LogP contribution is 2.34. The van der Waals surface area contributed by atoms with Crippen molar-refractivity contribution in [3.8, 4) is 16.9 Å². The number of hydrogen-bond donors (Lipinski definition) is 2. The van der Waals surface area contributed by atoms with Crippen LogP contribution >= 0.6 is 0 Å². The predicted octanol–water partition coefficient (Wildman–Crippen LogP) is 5.06. The van der Waals surface area contributed by atoms with Crippen molar-refractivity contribution in [2.24, 2.45) is 0 Å². The summed E-state index contributed by atoms with van der Waals surface area (Å²) in [4.78, 5) is 19.8. The Morgan fingerprint density at radius 3 is 2.71 bits per heavy atom. The van der Waals surface area contributed by atoms with E-state index in [1.807, 2.05) is 20.8 Å². The Morgan fingerprint density at radius 1 is 1.20 bits per heavy atom. The Morgan fingerprint density at radius 2 is 2.00 bits per heavy atom. The van der Waals surface area contributed by atoms with Crippen LogP contribution in [0.2, 0.25) is 0 Å². The van der Waals surface area contributed by atoms with Crippen LogP contribution in [0.25, 0.3) is 22.0 Å². The van der Waals surface area contributed by atoms with Crippen molar-refractivity contribution in [1.29, 1.82) is 0 Å². The molecule has 0 radical (unpaired) electrons. The number of aryl methyl sites for hydroxylation is 1. The lowest BCUT2D eigenvalue weighted by molar-refractivity contribution is 0.0559. The predicted molar refractivity (Wildman–Crippen MR) is 133 cm³/mol. The van der Waals surface area contributed by atoms with Gasteiger partial charge in [0.2, 0.25) is 0 Å². The second-order valence-electron chi connectivity index (χ2n) is 8.59. The number of ether oxygens (including phenoxy) is 1. The van der Waals surface area contributed by atoms with E-state index in [1.165, 1.54) is 12.1 Å². The fourth-order valence-electron chi connectivity index (χ4n) is 4.26. The van der Waals surface area contributed by atoms with Gasteiger partial charge in [0.25, 0.3) is 5.91 Å². The first kappa shape index (κ1) is 24.3. The summed E-state index contributed by atoms with van der Waals surface area (Å²) < 4.78 is 19.7. The molecule has 4 aromatic rings. The zero-order chi connectivity index (χ0) is 25.1. The highest BCUT2D eigenvalue weighted by molar-refractivity contribution is 5.96. The Bertz CT molecular complexity index is 1350. The van der Waals surface area contributed by atoms with Gasteiger partial charge in [-0.1, -0.05) is 12.1 Å². The molecule has 0 aliphatic heterocycles. The number of halogens is 1. The lowest BCUT2D eigenvalue weighted by atomic mass is 10.0. The number of pyridine rings is 1. The van der Waals surface area contributed by atoms with E-state index in [1.54, 1.807) is 54.5 Å². The molecule has 8 heteroatoms. The number of amides is 1. The van der Waals surface area contributed by atoms with E-state index in [9.17, 15) is 14.3 Å². The molecule has 0 aliphatic rings. The minimum Gasteiger partial charge on any atom is -0.493 e. The summed E-state index contributed by atoms with van der Waals surface area (Å²) >= 11 is 0. The number of nitrogens with zero attached hydrogens (tertiary/aromatic N) is 3. The number of aliphatic hydroxyl groups excluding tert-OH is 1. The van der Waals surface area contributed by atoms with Crippen molar-refractivity contribution >= 4 is 16.8 Å². The van der Waals surface area contributed by atoms with Crippen LogP contribution in [0.4, 0.5) is 4.39 Å². The summed E-state index contributed by atoms with van der Waals surface area (Å²) in [5, 5.41) is 18.2. The van der Waals surface area contributed by atoms with Crippen LogP contribution in [-0.2, 0) is 0 Å². The molecule has 4 rings (SSSR count). The standard InChI is InChI=1S/C27H29FN4O3/c1-5-35-25-12-20(9-10-22(25)19-7-6-8-21(28)11-19)27(34)32(15-16(2)33)18(4)24-13-29-17(3)23-14-30-31-26(23)24/h6-14,16,18,33H,5,15H2,1-4H3,(H,30,31)/t16?,18-/m1/s1. The monoisotopic (exact) mass is 476 g/mol. The van der Waals surface area contributed by atoms with Crippen LogP contribution in [0, 0.1) is 12.7 Å². The Hall–Kier alpha value is -3.78. The van der Waals surface area contributed by atoms with E-state index in [0.717, 1.165) is 22.2 Å². The molecule has 182 valence electrons. The van der Waals surface area contributed by atoms with Gasteiger partial charge in [-0.3, -0.25) is 14.9 Å². The number of carbonyl (C=O) groups excluding carboxylic acids is 1. The van der Waals surface area contributed by atoms with Gasteiger partial charge in [0.15, 0.2) is 0 Å². The lowest BCUT2D eigenvalue weighted by Crippen LogP contribution is -2.38. The lowest BCUT2D eigenvalue weighted by Gasteiger charge is -2.31. The molecule has 1 amide bonds. The summed E-state index contributed by atoms with van der Waals surface area (Å²) in [6, 6.07) is 11.0. The molecule has 0 saturated carbocycles. The fourth-order valence-corrected chi connectivity index (χ4v) is 4.26. The Labute approximate surface area is 203 Å². The van der Waals surface area contributed by atoms with Gasteiger partial charge in [-0.15, -0.1) is 0 Å². The molecule has 2 N–H and O–H groups in total. The van der Waals surface area contributed by atoms with Crippen molar-refractivity contribution < 1.29 is 19.0 Å². The van der Waals surface area contributed by atoms with Crippen LogP contribution in [0.15, 0.2) is 54.9 Å². The second kappa shape index (κ2) is 10.2. The van der Waals surface area contributed by atoms with Crippen molar-refractivity contribution in [3.63, 3.8) is 0 Å². The molecule has 35 heavy (non-hydrogen) atoms. The minimum atomic E-state index is -0.741. The molecule has 0 aliphatic carbocycles. The SMILES string of the molecule is CCOc1cc(C(=O)N(CC(C)O)[C@H](C)c2cnc(C)c3cn[nH]c23)ccc1-c1cccc(F)c1. The normalized spacial score (nSPS) is 13.0. The van der Waals surface area contributed by atoms with Crippen molar-refractivity contribution in [1.82, 2.24) is 20.1 Å². The van der Waals surface area contributed by atoms with Gasteiger partial charge in [-0.25, -0.2) is 4.39 Å². The van der Waals surface area contributed by atoms with E-state index in [2.05, 4.69) is 15.2 Å².